The van der Waals surface area contributed by atoms with Crippen molar-refractivity contribution in [2.75, 3.05) is 24.7 Å². The first-order valence-corrected chi connectivity index (χ1v) is 7.62. The molecule has 130 valence electrons. The SMILES string of the molecule is COc1ccc(NC(=O)CCCN2C(=O)NC(C)(C)C2=O)cc1N. The molecule has 1 aromatic rings. The number of carbonyl (C=O) groups excluding carboxylic acids is 3. The normalized spacial score (nSPS) is 16.0. The zero-order chi connectivity index (χ0) is 17.9. The Hall–Kier alpha value is -2.77. The standard InChI is InChI=1S/C16H22N4O4/c1-16(2)14(22)20(15(23)19-16)8-4-5-13(21)18-10-6-7-12(24-3)11(17)9-10/h6-7,9H,4-5,8,17H2,1-3H3,(H,18,21)(H,19,23). The summed E-state index contributed by atoms with van der Waals surface area (Å²) in [4.78, 5) is 36.8. The summed E-state index contributed by atoms with van der Waals surface area (Å²) in [7, 11) is 1.51. The largest absolute Gasteiger partial charge is 0.495 e. The predicted octanol–water partition coefficient (Wildman–Crippen LogP) is 1.33. The van der Waals surface area contributed by atoms with E-state index in [1.165, 1.54) is 7.11 Å². The van der Waals surface area contributed by atoms with E-state index in [0.717, 1.165) is 4.90 Å². The summed E-state index contributed by atoms with van der Waals surface area (Å²) in [6.45, 7) is 3.49. The number of nitrogen functional groups attached to an aromatic ring is 1. The summed E-state index contributed by atoms with van der Waals surface area (Å²) in [5.41, 5.74) is 5.88. The highest BCUT2D eigenvalue weighted by Crippen LogP contribution is 2.24. The van der Waals surface area contributed by atoms with E-state index in [9.17, 15) is 14.4 Å². The van der Waals surface area contributed by atoms with E-state index < -0.39 is 11.6 Å². The highest BCUT2D eigenvalue weighted by Gasteiger charge is 2.43. The molecule has 1 saturated heterocycles. The van der Waals surface area contributed by atoms with Crippen LogP contribution in [0.15, 0.2) is 18.2 Å². The minimum atomic E-state index is -0.889. The van der Waals surface area contributed by atoms with Gasteiger partial charge in [-0.3, -0.25) is 14.5 Å². The Balaban J connectivity index is 1.83. The van der Waals surface area contributed by atoms with Gasteiger partial charge in [-0.2, -0.15) is 0 Å². The minimum absolute atomic E-state index is 0.184. The molecule has 0 unspecified atom stereocenters. The van der Waals surface area contributed by atoms with Crippen molar-refractivity contribution >= 4 is 29.2 Å². The Bertz CT molecular complexity index is 672. The fourth-order valence-corrected chi connectivity index (χ4v) is 2.45. The van der Waals surface area contributed by atoms with E-state index in [2.05, 4.69) is 10.6 Å². The molecule has 0 bridgehead atoms. The molecule has 2 rings (SSSR count). The molecule has 1 fully saturated rings. The van der Waals surface area contributed by atoms with Crippen molar-refractivity contribution in [2.24, 2.45) is 0 Å². The molecule has 0 aliphatic carbocycles. The molecule has 0 saturated carbocycles. The monoisotopic (exact) mass is 334 g/mol. The lowest BCUT2D eigenvalue weighted by Gasteiger charge is -2.15. The molecule has 1 aliphatic rings. The van der Waals surface area contributed by atoms with E-state index in [1.807, 2.05) is 0 Å². The van der Waals surface area contributed by atoms with Gasteiger partial charge in [-0.1, -0.05) is 0 Å². The quantitative estimate of drug-likeness (QED) is 0.536. The topological polar surface area (TPSA) is 114 Å². The van der Waals surface area contributed by atoms with Crippen LogP contribution in [0.25, 0.3) is 0 Å². The number of imide groups is 1. The minimum Gasteiger partial charge on any atom is -0.495 e. The number of hydrogen-bond acceptors (Lipinski definition) is 5. The fourth-order valence-electron chi connectivity index (χ4n) is 2.45. The third-order valence-corrected chi connectivity index (χ3v) is 3.74. The van der Waals surface area contributed by atoms with Crippen LogP contribution in [0.1, 0.15) is 26.7 Å². The second-order valence-corrected chi connectivity index (χ2v) is 6.12. The number of nitrogens with two attached hydrogens (primary N) is 1. The van der Waals surface area contributed by atoms with Crippen molar-refractivity contribution in [3.8, 4) is 5.75 Å². The van der Waals surface area contributed by atoms with Gasteiger partial charge in [-0.25, -0.2) is 4.79 Å². The summed E-state index contributed by atoms with van der Waals surface area (Å²) in [6.07, 6.45) is 0.566. The molecule has 0 aromatic heterocycles. The molecule has 0 atom stereocenters. The van der Waals surface area contributed by atoms with Gasteiger partial charge in [0.1, 0.15) is 11.3 Å². The van der Waals surface area contributed by atoms with Crippen LogP contribution in [-0.2, 0) is 9.59 Å². The smallest absolute Gasteiger partial charge is 0.325 e. The second-order valence-electron chi connectivity index (χ2n) is 6.12. The van der Waals surface area contributed by atoms with Crippen LogP contribution < -0.4 is 21.1 Å². The summed E-state index contributed by atoms with van der Waals surface area (Å²) < 4.78 is 5.05. The van der Waals surface area contributed by atoms with Crippen molar-refractivity contribution in [1.29, 1.82) is 0 Å². The van der Waals surface area contributed by atoms with Crippen LogP contribution in [0.5, 0.6) is 5.75 Å². The van der Waals surface area contributed by atoms with Crippen molar-refractivity contribution in [3.05, 3.63) is 18.2 Å². The number of methoxy groups -OCH3 is 1. The maximum absolute atomic E-state index is 12.0. The van der Waals surface area contributed by atoms with E-state index in [-0.39, 0.29) is 24.8 Å². The average molecular weight is 334 g/mol. The lowest BCUT2D eigenvalue weighted by atomic mass is 10.1. The number of urea groups is 1. The van der Waals surface area contributed by atoms with Crippen LogP contribution in [0, 0.1) is 0 Å². The zero-order valence-electron chi connectivity index (χ0n) is 14.0. The van der Waals surface area contributed by atoms with Crippen molar-refractivity contribution in [1.82, 2.24) is 10.2 Å². The summed E-state index contributed by atoms with van der Waals surface area (Å²) >= 11 is 0. The first-order valence-electron chi connectivity index (χ1n) is 7.62. The average Bonchev–Trinajstić information content (AvgIpc) is 2.69. The Morgan fingerprint density at radius 2 is 2.08 bits per heavy atom. The molecule has 8 nitrogen and oxygen atoms in total. The molecule has 1 aliphatic heterocycles. The number of carbonyl (C=O) groups is 3. The molecule has 0 spiro atoms. The lowest BCUT2D eigenvalue weighted by molar-refractivity contribution is -0.130. The van der Waals surface area contributed by atoms with Crippen molar-refractivity contribution in [2.45, 2.75) is 32.2 Å². The second kappa shape index (κ2) is 6.77. The number of anilines is 2. The van der Waals surface area contributed by atoms with Crippen LogP contribution in [0.2, 0.25) is 0 Å². The Morgan fingerprint density at radius 3 is 2.62 bits per heavy atom. The van der Waals surface area contributed by atoms with E-state index in [0.29, 0.717) is 23.5 Å². The van der Waals surface area contributed by atoms with Crippen LogP contribution >= 0.6 is 0 Å². The molecule has 1 heterocycles. The number of rotatable bonds is 6. The maximum Gasteiger partial charge on any atom is 0.325 e. The Kier molecular flexibility index (Phi) is 4.96. The molecular weight excluding hydrogens is 312 g/mol. The van der Waals surface area contributed by atoms with Gasteiger partial charge in [0.25, 0.3) is 5.91 Å². The number of benzene rings is 1. The highest BCUT2D eigenvalue weighted by atomic mass is 16.5. The van der Waals surface area contributed by atoms with Crippen LogP contribution in [0.3, 0.4) is 0 Å². The summed E-state index contributed by atoms with van der Waals surface area (Å²) in [5.74, 6) is 0.0379. The van der Waals surface area contributed by atoms with Gasteiger partial charge in [0.15, 0.2) is 0 Å². The van der Waals surface area contributed by atoms with E-state index >= 15 is 0 Å². The molecule has 8 heteroatoms. The Labute approximate surface area is 140 Å². The first kappa shape index (κ1) is 17.6. The number of nitrogens with one attached hydrogen (secondary N) is 2. The number of ether oxygens (including phenoxy) is 1. The van der Waals surface area contributed by atoms with Gasteiger partial charge in [-0.05, 0) is 38.5 Å². The lowest BCUT2D eigenvalue weighted by Crippen LogP contribution is -2.40. The highest BCUT2D eigenvalue weighted by molar-refractivity contribution is 6.06. The third-order valence-electron chi connectivity index (χ3n) is 3.74. The van der Waals surface area contributed by atoms with Crippen molar-refractivity contribution in [3.63, 3.8) is 0 Å². The predicted molar refractivity (Wildman–Crippen MR) is 89.6 cm³/mol. The van der Waals surface area contributed by atoms with Crippen LogP contribution in [0.4, 0.5) is 16.2 Å². The van der Waals surface area contributed by atoms with Gasteiger partial charge in [0.2, 0.25) is 5.91 Å². The molecule has 4 amide bonds. The van der Waals surface area contributed by atoms with E-state index in [1.54, 1.807) is 32.0 Å². The first-order chi connectivity index (χ1) is 11.2. The van der Waals surface area contributed by atoms with E-state index in [4.69, 9.17) is 10.5 Å². The summed E-state index contributed by atoms with van der Waals surface area (Å²) in [5, 5.41) is 5.32. The molecule has 24 heavy (non-hydrogen) atoms. The number of amides is 4. The molecule has 0 radical (unpaired) electrons. The fraction of sp³-hybridized carbons (Fsp3) is 0.438. The van der Waals surface area contributed by atoms with Gasteiger partial charge >= 0.3 is 6.03 Å². The van der Waals surface area contributed by atoms with Crippen LogP contribution in [-0.4, -0.2) is 41.9 Å². The number of nitrogens with zero attached hydrogens (tertiary/aromatic N) is 1. The molecule has 1 aromatic carbocycles. The van der Waals surface area contributed by atoms with Gasteiger partial charge < -0.3 is 21.1 Å². The third kappa shape index (κ3) is 3.76. The molecule has 4 N–H and O–H groups in total. The van der Waals surface area contributed by atoms with Gasteiger partial charge in [0, 0.05) is 18.7 Å². The van der Waals surface area contributed by atoms with Crippen molar-refractivity contribution < 1.29 is 19.1 Å². The summed E-state index contributed by atoms with van der Waals surface area (Å²) in [6, 6.07) is 4.54. The molecular formula is C16H22N4O4. The van der Waals surface area contributed by atoms with Gasteiger partial charge in [0.05, 0.1) is 12.8 Å². The maximum atomic E-state index is 12.0. The zero-order valence-corrected chi connectivity index (χ0v) is 14.0. The van der Waals surface area contributed by atoms with Gasteiger partial charge in [-0.15, -0.1) is 0 Å². The number of hydrogen-bond donors (Lipinski definition) is 3. The Morgan fingerprint density at radius 1 is 1.38 bits per heavy atom.